The fourth-order valence-corrected chi connectivity index (χ4v) is 2.59. The van der Waals surface area contributed by atoms with Gasteiger partial charge in [0.15, 0.2) is 0 Å². The van der Waals surface area contributed by atoms with Gasteiger partial charge >= 0.3 is 0 Å². The number of ether oxygens (including phenoxy) is 1. The van der Waals surface area contributed by atoms with Gasteiger partial charge in [0.25, 0.3) is 5.89 Å². The number of aromatic nitrogens is 2. The Morgan fingerprint density at radius 1 is 1.44 bits per heavy atom. The first-order chi connectivity index (χ1) is 8.66. The minimum absolute atomic E-state index is 0.451. The van der Waals surface area contributed by atoms with Gasteiger partial charge in [-0.2, -0.15) is 4.98 Å². The number of anilines is 1. The molecule has 0 aliphatic heterocycles. The number of hydrogen-bond donors (Lipinski definition) is 1. The lowest BCUT2D eigenvalue weighted by molar-refractivity contribution is -0.0306. The summed E-state index contributed by atoms with van der Waals surface area (Å²) in [5.74, 6) is 1.03. The lowest BCUT2D eigenvalue weighted by Crippen LogP contribution is -2.28. The molecular formula is C12H17N3O2S. The van der Waals surface area contributed by atoms with Crippen molar-refractivity contribution in [3.63, 3.8) is 0 Å². The van der Waals surface area contributed by atoms with Crippen LogP contribution in [0, 0.1) is 0 Å². The summed E-state index contributed by atoms with van der Waals surface area (Å²) in [5, 5.41) is 6.62. The molecule has 0 atom stereocenters. The van der Waals surface area contributed by atoms with Gasteiger partial charge in [-0.25, -0.2) is 0 Å². The van der Waals surface area contributed by atoms with Crippen molar-refractivity contribution in [2.75, 3.05) is 12.8 Å². The minimum Gasteiger partial charge on any atom is -0.390 e. The van der Waals surface area contributed by atoms with Crippen molar-refractivity contribution >= 4 is 16.3 Å². The lowest BCUT2D eigenvalue weighted by atomic mass is 9.96. The number of nitrogen functional groups attached to an aromatic ring is 1. The maximum absolute atomic E-state index is 5.85. The summed E-state index contributed by atoms with van der Waals surface area (Å²) in [6.07, 6.45) is 1.58. The zero-order valence-electron chi connectivity index (χ0n) is 10.8. The van der Waals surface area contributed by atoms with E-state index < -0.39 is 5.60 Å². The Labute approximate surface area is 110 Å². The molecule has 2 aromatic rings. The Morgan fingerprint density at radius 3 is 2.67 bits per heavy atom. The molecule has 5 nitrogen and oxygen atoms in total. The number of thiophene rings is 1. The van der Waals surface area contributed by atoms with Crippen LogP contribution in [0.3, 0.4) is 0 Å². The molecule has 0 bridgehead atoms. The zero-order chi connectivity index (χ0) is 13.2. The topological polar surface area (TPSA) is 74.2 Å². The molecule has 18 heavy (non-hydrogen) atoms. The third-order valence-electron chi connectivity index (χ3n) is 3.29. The predicted molar refractivity (Wildman–Crippen MR) is 71.3 cm³/mol. The van der Waals surface area contributed by atoms with Gasteiger partial charge in [0.05, 0.1) is 10.6 Å². The molecule has 0 radical (unpaired) electrons. The average Bonchev–Trinajstić information content (AvgIpc) is 3.01. The van der Waals surface area contributed by atoms with E-state index in [4.69, 9.17) is 15.0 Å². The second-order valence-corrected chi connectivity index (χ2v) is 4.97. The molecule has 0 aliphatic rings. The van der Waals surface area contributed by atoms with E-state index in [1.54, 1.807) is 7.11 Å². The Kier molecular flexibility index (Phi) is 3.68. The normalized spacial score (nSPS) is 11.9. The molecule has 98 valence electrons. The second kappa shape index (κ2) is 5.07. The molecule has 0 unspecified atom stereocenters. The SMILES string of the molecule is CCC(CC)(OC)c1noc(-c2ccsc2N)n1. The largest absolute Gasteiger partial charge is 0.390 e. The van der Waals surface area contributed by atoms with Crippen molar-refractivity contribution in [2.24, 2.45) is 0 Å². The monoisotopic (exact) mass is 267 g/mol. The van der Waals surface area contributed by atoms with Crippen LogP contribution in [-0.4, -0.2) is 17.3 Å². The van der Waals surface area contributed by atoms with E-state index in [2.05, 4.69) is 10.1 Å². The van der Waals surface area contributed by atoms with Gasteiger partial charge in [0, 0.05) is 7.11 Å². The van der Waals surface area contributed by atoms with E-state index in [1.807, 2.05) is 25.3 Å². The first-order valence-electron chi connectivity index (χ1n) is 5.89. The second-order valence-electron chi connectivity index (χ2n) is 4.03. The van der Waals surface area contributed by atoms with Gasteiger partial charge in [0.1, 0.15) is 5.60 Å². The molecule has 2 N–H and O–H groups in total. The smallest absolute Gasteiger partial charge is 0.261 e. The molecule has 6 heteroatoms. The Morgan fingerprint density at radius 2 is 2.17 bits per heavy atom. The highest BCUT2D eigenvalue weighted by atomic mass is 32.1. The molecule has 2 aromatic heterocycles. The third kappa shape index (κ3) is 2.02. The van der Waals surface area contributed by atoms with E-state index in [1.165, 1.54) is 11.3 Å². The third-order valence-corrected chi connectivity index (χ3v) is 4.04. The van der Waals surface area contributed by atoms with Gasteiger partial charge in [-0.3, -0.25) is 0 Å². The van der Waals surface area contributed by atoms with E-state index in [0.29, 0.717) is 16.7 Å². The molecule has 2 rings (SSSR count). The molecule has 0 aliphatic carbocycles. The van der Waals surface area contributed by atoms with Crippen molar-refractivity contribution in [1.82, 2.24) is 10.1 Å². The van der Waals surface area contributed by atoms with Crippen molar-refractivity contribution in [1.29, 1.82) is 0 Å². The highest BCUT2D eigenvalue weighted by Crippen LogP contribution is 2.34. The summed E-state index contributed by atoms with van der Waals surface area (Å²) in [4.78, 5) is 4.42. The molecular weight excluding hydrogens is 250 g/mol. The quantitative estimate of drug-likeness (QED) is 0.901. The molecule has 0 spiro atoms. The van der Waals surface area contributed by atoms with Crippen LogP contribution in [0.25, 0.3) is 11.5 Å². The summed E-state index contributed by atoms with van der Waals surface area (Å²) in [5.41, 5.74) is 6.16. The Bertz CT molecular complexity index is 509. The van der Waals surface area contributed by atoms with E-state index in [9.17, 15) is 0 Å². The fraction of sp³-hybridized carbons (Fsp3) is 0.500. The number of methoxy groups -OCH3 is 1. The molecule has 0 aromatic carbocycles. The van der Waals surface area contributed by atoms with Crippen molar-refractivity contribution in [3.05, 3.63) is 17.3 Å². The van der Waals surface area contributed by atoms with Gasteiger partial charge in [0.2, 0.25) is 5.82 Å². The van der Waals surface area contributed by atoms with Crippen molar-refractivity contribution in [2.45, 2.75) is 32.3 Å². The van der Waals surface area contributed by atoms with Crippen molar-refractivity contribution in [3.8, 4) is 11.5 Å². The Balaban J connectivity index is 2.39. The zero-order valence-corrected chi connectivity index (χ0v) is 11.6. The summed E-state index contributed by atoms with van der Waals surface area (Å²) < 4.78 is 10.9. The number of nitrogens with two attached hydrogens (primary N) is 1. The van der Waals surface area contributed by atoms with E-state index in [0.717, 1.165) is 18.4 Å². The maximum Gasteiger partial charge on any atom is 0.261 e. The summed E-state index contributed by atoms with van der Waals surface area (Å²) >= 11 is 1.45. The van der Waals surface area contributed by atoms with Crippen LogP contribution in [0.15, 0.2) is 16.0 Å². The summed E-state index contributed by atoms with van der Waals surface area (Å²) in [6.45, 7) is 4.09. The van der Waals surface area contributed by atoms with Gasteiger partial charge < -0.3 is 15.0 Å². The van der Waals surface area contributed by atoms with Crippen LogP contribution in [0.2, 0.25) is 0 Å². The van der Waals surface area contributed by atoms with Crippen LogP contribution < -0.4 is 5.73 Å². The molecule has 2 heterocycles. The van der Waals surface area contributed by atoms with Crippen molar-refractivity contribution < 1.29 is 9.26 Å². The molecule has 0 amide bonds. The van der Waals surface area contributed by atoms with E-state index in [-0.39, 0.29) is 0 Å². The first kappa shape index (κ1) is 13.0. The van der Waals surface area contributed by atoms with Crippen LogP contribution in [0.4, 0.5) is 5.00 Å². The van der Waals surface area contributed by atoms with Crippen LogP contribution >= 0.6 is 11.3 Å². The highest BCUT2D eigenvalue weighted by Gasteiger charge is 2.34. The fourth-order valence-electron chi connectivity index (χ4n) is 1.96. The molecule has 0 saturated heterocycles. The minimum atomic E-state index is -0.480. The Hall–Kier alpha value is -1.40. The van der Waals surface area contributed by atoms with Crippen LogP contribution in [0.5, 0.6) is 0 Å². The lowest BCUT2D eigenvalue weighted by Gasteiger charge is -2.25. The van der Waals surface area contributed by atoms with Crippen LogP contribution in [-0.2, 0) is 10.3 Å². The maximum atomic E-state index is 5.85. The first-order valence-corrected chi connectivity index (χ1v) is 6.77. The van der Waals surface area contributed by atoms with Crippen LogP contribution in [0.1, 0.15) is 32.5 Å². The number of nitrogens with zero attached hydrogens (tertiary/aromatic N) is 2. The summed E-state index contributed by atoms with van der Waals surface area (Å²) in [7, 11) is 1.67. The highest BCUT2D eigenvalue weighted by molar-refractivity contribution is 7.14. The van der Waals surface area contributed by atoms with Gasteiger partial charge in [-0.05, 0) is 24.3 Å². The number of rotatable bonds is 5. The number of hydrogen-bond acceptors (Lipinski definition) is 6. The van der Waals surface area contributed by atoms with E-state index >= 15 is 0 Å². The van der Waals surface area contributed by atoms with Gasteiger partial charge in [-0.15, -0.1) is 11.3 Å². The molecule has 0 fully saturated rings. The predicted octanol–water partition coefficient (Wildman–Crippen LogP) is 3.04. The average molecular weight is 267 g/mol. The summed E-state index contributed by atoms with van der Waals surface area (Å²) in [6, 6.07) is 1.88. The standard InChI is InChI=1S/C12H17N3O2S/c1-4-12(5-2,16-3)11-14-10(17-15-11)8-6-7-18-9(8)13/h6-7H,4-5,13H2,1-3H3. The van der Waals surface area contributed by atoms with Gasteiger partial charge in [-0.1, -0.05) is 19.0 Å². The molecule has 0 saturated carbocycles.